The highest BCUT2D eigenvalue weighted by molar-refractivity contribution is 5.26. The largest absolute Gasteiger partial charge is 0.489 e. The number of aromatic nitrogens is 2. The van der Waals surface area contributed by atoms with Crippen LogP contribution in [0, 0.1) is 6.92 Å². The molecule has 0 fully saturated rings. The lowest BCUT2D eigenvalue weighted by Gasteiger charge is -2.07. The number of aryl methyl sites for hydroxylation is 1. The lowest BCUT2D eigenvalue weighted by molar-refractivity contribution is 0.302. The summed E-state index contributed by atoms with van der Waals surface area (Å²) >= 11 is 0. The summed E-state index contributed by atoms with van der Waals surface area (Å²) < 4.78 is 10.6. The Balaban J connectivity index is 1.99. The van der Waals surface area contributed by atoms with Crippen molar-refractivity contribution in [2.45, 2.75) is 13.5 Å². The van der Waals surface area contributed by atoms with E-state index in [0.717, 1.165) is 17.0 Å². The molecule has 0 saturated carbocycles. The van der Waals surface area contributed by atoms with E-state index in [1.165, 1.54) is 0 Å². The quantitative estimate of drug-likeness (QED) is 0.808. The minimum absolute atomic E-state index is 0.487. The van der Waals surface area contributed by atoms with Gasteiger partial charge >= 0.3 is 0 Å². The number of rotatable bonds is 4. The molecule has 4 nitrogen and oxygen atoms in total. The van der Waals surface area contributed by atoms with E-state index in [2.05, 4.69) is 9.97 Å². The molecule has 0 aromatic carbocycles. The van der Waals surface area contributed by atoms with Crippen molar-refractivity contribution < 1.29 is 9.47 Å². The maximum absolute atomic E-state index is 5.61. The third-order valence-corrected chi connectivity index (χ3v) is 2.29. The van der Waals surface area contributed by atoms with Gasteiger partial charge in [0.15, 0.2) is 0 Å². The van der Waals surface area contributed by atoms with Crippen LogP contribution in [0.1, 0.15) is 11.3 Å². The third kappa shape index (κ3) is 3.17. The van der Waals surface area contributed by atoms with Crippen LogP contribution in [-0.2, 0) is 6.61 Å². The van der Waals surface area contributed by atoms with E-state index in [0.29, 0.717) is 12.5 Å². The second-order valence-electron chi connectivity index (χ2n) is 3.63. The first kappa shape index (κ1) is 11.4. The molecule has 0 aliphatic carbocycles. The predicted octanol–water partition coefficient (Wildman–Crippen LogP) is 2.37. The van der Waals surface area contributed by atoms with E-state index in [1.54, 1.807) is 25.4 Å². The summed E-state index contributed by atoms with van der Waals surface area (Å²) in [6.45, 7) is 2.44. The van der Waals surface area contributed by atoms with Crippen LogP contribution in [0.4, 0.5) is 0 Å². The normalized spacial score (nSPS) is 10.0. The molecule has 2 aromatic rings. The van der Waals surface area contributed by atoms with Gasteiger partial charge in [0, 0.05) is 29.7 Å². The van der Waals surface area contributed by atoms with Crippen LogP contribution in [0.3, 0.4) is 0 Å². The standard InChI is InChI=1S/C13H14N2O2/c1-10-3-4-11(8-15-10)9-17-12-5-6-14-13(7-12)16-2/h3-8H,9H2,1-2H3. The molecule has 2 heterocycles. The zero-order valence-electron chi connectivity index (χ0n) is 9.88. The van der Waals surface area contributed by atoms with E-state index < -0.39 is 0 Å². The molecule has 0 radical (unpaired) electrons. The maximum Gasteiger partial charge on any atom is 0.216 e. The number of nitrogens with zero attached hydrogens (tertiary/aromatic N) is 2. The van der Waals surface area contributed by atoms with Gasteiger partial charge in [-0.05, 0) is 19.1 Å². The molecule has 0 aliphatic heterocycles. The van der Waals surface area contributed by atoms with Gasteiger partial charge in [0.05, 0.1) is 7.11 Å². The van der Waals surface area contributed by atoms with E-state index >= 15 is 0 Å². The monoisotopic (exact) mass is 230 g/mol. The van der Waals surface area contributed by atoms with E-state index in [9.17, 15) is 0 Å². The summed E-state index contributed by atoms with van der Waals surface area (Å²) in [5, 5.41) is 0. The summed E-state index contributed by atoms with van der Waals surface area (Å²) in [5.41, 5.74) is 2.03. The lowest BCUT2D eigenvalue weighted by atomic mass is 10.3. The van der Waals surface area contributed by atoms with Crippen LogP contribution in [0.2, 0.25) is 0 Å². The van der Waals surface area contributed by atoms with Crippen molar-refractivity contribution in [3.63, 3.8) is 0 Å². The first-order valence-corrected chi connectivity index (χ1v) is 5.32. The third-order valence-electron chi connectivity index (χ3n) is 2.29. The van der Waals surface area contributed by atoms with Crippen LogP contribution >= 0.6 is 0 Å². The van der Waals surface area contributed by atoms with Gasteiger partial charge in [-0.2, -0.15) is 0 Å². The molecule has 0 N–H and O–H groups in total. The first-order chi connectivity index (χ1) is 8.28. The van der Waals surface area contributed by atoms with Crippen molar-refractivity contribution in [1.82, 2.24) is 9.97 Å². The average molecular weight is 230 g/mol. The Labute approximate surface area is 100 Å². The van der Waals surface area contributed by atoms with Gasteiger partial charge in [0.25, 0.3) is 0 Å². The van der Waals surface area contributed by atoms with Gasteiger partial charge < -0.3 is 9.47 Å². The minimum atomic E-state index is 0.487. The van der Waals surface area contributed by atoms with Crippen LogP contribution in [0.15, 0.2) is 36.7 Å². The zero-order chi connectivity index (χ0) is 12.1. The molecule has 0 saturated heterocycles. The zero-order valence-corrected chi connectivity index (χ0v) is 9.88. The van der Waals surface area contributed by atoms with Crippen molar-refractivity contribution in [3.8, 4) is 11.6 Å². The molecule has 0 bridgehead atoms. The summed E-state index contributed by atoms with van der Waals surface area (Å²) in [7, 11) is 1.58. The van der Waals surface area contributed by atoms with Crippen molar-refractivity contribution >= 4 is 0 Å². The number of ether oxygens (including phenoxy) is 2. The van der Waals surface area contributed by atoms with Gasteiger partial charge in [-0.3, -0.25) is 4.98 Å². The highest BCUT2D eigenvalue weighted by Gasteiger charge is 1.99. The van der Waals surface area contributed by atoms with Gasteiger partial charge in [-0.25, -0.2) is 4.98 Å². The topological polar surface area (TPSA) is 44.2 Å². The van der Waals surface area contributed by atoms with Crippen molar-refractivity contribution in [2.24, 2.45) is 0 Å². The summed E-state index contributed by atoms with van der Waals surface area (Å²) in [6, 6.07) is 7.51. The van der Waals surface area contributed by atoms with Crippen molar-refractivity contribution in [3.05, 3.63) is 47.9 Å². The molecule has 88 valence electrons. The van der Waals surface area contributed by atoms with E-state index in [1.807, 2.05) is 25.3 Å². The van der Waals surface area contributed by atoms with E-state index in [4.69, 9.17) is 9.47 Å². The SMILES string of the molecule is COc1cc(OCc2ccc(C)nc2)ccn1. The highest BCUT2D eigenvalue weighted by Crippen LogP contribution is 2.17. The average Bonchev–Trinajstić information content (AvgIpc) is 2.38. The minimum Gasteiger partial charge on any atom is -0.489 e. The number of hydrogen-bond donors (Lipinski definition) is 0. The number of hydrogen-bond acceptors (Lipinski definition) is 4. The maximum atomic E-state index is 5.61. The van der Waals surface area contributed by atoms with Gasteiger partial charge in [0.2, 0.25) is 5.88 Å². The van der Waals surface area contributed by atoms with Gasteiger partial charge in [0.1, 0.15) is 12.4 Å². The summed E-state index contributed by atoms with van der Waals surface area (Å²) in [5.74, 6) is 1.28. The van der Waals surface area contributed by atoms with Crippen molar-refractivity contribution in [2.75, 3.05) is 7.11 Å². The molecule has 2 aromatic heterocycles. The van der Waals surface area contributed by atoms with Crippen LogP contribution in [-0.4, -0.2) is 17.1 Å². The first-order valence-electron chi connectivity index (χ1n) is 5.32. The molecule has 0 aliphatic rings. The Morgan fingerprint density at radius 1 is 1.18 bits per heavy atom. The van der Waals surface area contributed by atoms with Gasteiger partial charge in [-0.1, -0.05) is 6.07 Å². The van der Waals surface area contributed by atoms with Crippen LogP contribution in [0.25, 0.3) is 0 Å². The molecular weight excluding hydrogens is 216 g/mol. The van der Waals surface area contributed by atoms with Crippen molar-refractivity contribution in [1.29, 1.82) is 0 Å². The second-order valence-corrected chi connectivity index (χ2v) is 3.63. The Hall–Kier alpha value is -2.10. The smallest absolute Gasteiger partial charge is 0.216 e. The lowest BCUT2D eigenvalue weighted by Crippen LogP contribution is -1.97. The molecular formula is C13H14N2O2. The fraction of sp³-hybridized carbons (Fsp3) is 0.231. The Morgan fingerprint density at radius 2 is 2.06 bits per heavy atom. The Bertz CT molecular complexity index is 483. The Kier molecular flexibility index (Phi) is 3.55. The fourth-order valence-electron chi connectivity index (χ4n) is 1.34. The van der Waals surface area contributed by atoms with E-state index in [-0.39, 0.29) is 0 Å². The van der Waals surface area contributed by atoms with Crippen LogP contribution < -0.4 is 9.47 Å². The van der Waals surface area contributed by atoms with Gasteiger partial charge in [-0.15, -0.1) is 0 Å². The molecule has 0 amide bonds. The summed E-state index contributed by atoms with van der Waals surface area (Å²) in [4.78, 5) is 8.22. The second kappa shape index (κ2) is 5.30. The molecule has 17 heavy (non-hydrogen) atoms. The predicted molar refractivity (Wildman–Crippen MR) is 64.1 cm³/mol. The highest BCUT2D eigenvalue weighted by atomic mass is 16.5. The number of pyridine rings is 2. The molecule has 0 unspecified atom stereocenters. The molecule has 2 rings (SSSR count). The molecule has 4 heteroatoms. The summed E-state index contributed by atoms with van der Waals surface area (Å²) in [6.07, 6.45) is 3.47. The molecule has 0 atom stereocenters. The Morgan fingerprint density at radius 3 is 2.76 bits per heavy atom. The molecule has 0 spiro atoms. The fourth-order valence-corrected chi connectivity index (χ4v) is 1.34. The van der Waals surface area contributed by atoms with Crippen LogP contribution in [0.5, 0.6) is 11.6 Å². The number of methoxy groups -OCH3 is 1.